The number of rotatable bonds is 5. The number of likely N-dealkylation sites (tertiary alicyclic amines) is 1. The van der Waals surface area contributed by atoms with Crippen molar-refractivity contribution < 1.29 is 0 Å². The molecule has 2 heterocycles. The van der Waals surface area contributed by atoms with E-state index in [0.29, 0.717) is 0 Å². The molecule has 1 N–H and O–H groups in total. The van der Waals surface area contributed by atoms with Gasteiger partial charge in [-0.05, 0) is 50.3 Å². The van der Waals surface area contributed by atoms with E-state index in [4.69, 9.17) is 0 Å². The summed E-state index contributed by atoms with van der Waals surface area (Å²) in [6.45, 7) is 4.99. The smallest absolute Gasteiger partial charge is 0.00579 e. The van der Waals surface area contributed by atoms with Crippen molar-refractivity contribution in [2.75, 3.05) is 33.2 Å². The summed E-state index contributed by atoms with van der Waals surface area (Å²) in [4.78, 5) is 4.12. The predicted octanol–water partition coefficient (Wildman–Crippen LogP) is 1.83. The van der Waals surface area contributed by atoms with Crippen LogP contribution >= 0.6 is 11.3 Å². The quantitative estimate of drug-likeness (QED) is 0.821. The van der Waals surface area contributed by atoms with E-state index in [-0.39, 0.29) is 0 Å². The molecule has 84 valence electrons. The second kappa shape index (κ2) is 5.64. The number of nitrogens with zero attached hydrogens (tertiary/aromatic N) is 1. The minimum atomic E-state index is 0.873. The van der Waals surface area contributed by atoms with Crippen LogP contribution in [0.4, 0.5) is 0 Å². The van der Waals surface area contributed by atoms with Crippen molar-refractivity contribution in [2.45, 2.75) is 12.8 Å². The van der Waals surface area contributed by atoms with Gasteiger partial charge in [-0.3, -0.25) is 0 Å². The fourth-order valence-corrected chi connectivity index (χ4v) is 2.99. The Hall–Kier alpha value is -0.380. The summed E-state index contributed by atoms with van der Waals surface area (Å²) in [5, 5.41) is 5.45. The minimum Gasteiger partial charge on any atom is -0.319 e. The van der Waals surface area contributed by atoms with E-state index in [0.717, 1.165) is 5.92 Å². The van der Waals surface area contributed by atoms with Crippen molar-refractivity contribution in [1.29, 1.82) is 0 Å². The highest BCUT2D eigenvalue weighted by Gasteiger charge is 2.21. The molecule has 1 fully saturated rings. The standard InChI is InChI=1S/C12H20N2S/c1-13-9-11-4-6-14(10-11)7-5-12-3-2-8-15-12/h2-3,8,11,13H,4-7,9-10H2,1H3. The van der Waals surface area contributed by atoms with Crippen LogP contribution in [0.2, 0.25) is 0 Å². The van der Waals surface area contributed by atoms with E-state index in [2.05, 4.69) is 27.7 Å². The van der Waals surface area contributed by atoms with E-state index >= 15 is 0 Å². The second-order valence-electron chi connectivity index (χ2n) is 4.34. The van der Waals surface area contributed by atoms with Gasteiger partial charge in [-0.1, -0.05) is 6.07 Å². The van der Waals surface area contributed by atoms with Crippen molar-refractivity contribution in [3.8, 4) is 0 Å². The largest absolute Gasteiger partial charge is 0.319 e. The van der Waals surface area contributed by atoms with Gasteiger partial charge in [0.25, 0.3) is 0 Å². The Morgan fingerprint density at radius 2 is 2.53 bits per heavy atom. The molecule has 3 heteroatoms. The molecule has 1 atom stereocenters. The molecule has 2 nitrogen and oxygen atoms in total. The van der Waals surface area contributed by atoms with Gasteiger partial charge < -0.3 is 10.2 Å². The summed E-state index contributed by atoms with van der Waals surface area (Å²) in [5.41, 5.74) is 0. The lowest BCUT2D eigenvalue weighted by molar-refractivity contribution is 0.328. The molecule has 0 aliphatic carbocycles. The fourth-order valence-electron chi connectivity index (χ4n) is 2.29. The van der Waals surface area contributed by atoms with Crippen LogP contribution in [0.1, 0.15) is 11.3 Å². The van der Waals surface area contributed by atoms with Gasteiger partial charge in [0.15, 0.2) is 0 Å². The summed E-state index contributed by atoms with van der Waals surface area (Å²) in [7, 11) is 2.05. The Morgan fingerprint density at radius 3 is 3.27 bits per heavy atom. The van der Waals surface area contributed by atoms with Gasteiger partial charge >= 0.3 is 0 Å². The normalized spacial score (nSPS) is 22.3. The average molecular weight is 224 g/mol. The van der Waals surface area contributed by atoms with Crippen LogP contribution in [0.15, 0.2) is 17.5 Å². The maximum Gasteiger partial charge on any atom is 0.00579 e. The summed E-state index contributed by atoms with van der Waals surface area (Å²) >= 11 is 1.88. The lowest BCUT2D eigenvalue weighted by Crippen LogP contribution is -2.26. The van der Waals surface area contributed by atoms with E-state index < -0.39 is 0 Å². The Balaban J connectivity index is 1.69. The van der Waals surface area contributed by atoms with Gasteiger partial charge in [-0.15, -0.1) is 11.3 Å². The molecule has 1 saturated heterocycles. The molecule has 15 heavy (non-hydrogen) atoms. The van der Waals surface area contributed by atoms with E-state index in [1.54, 1.807) is 0 Å². The van der Waals surface area contributed by atoms with Gasteiger partial charge in [0.2, 0.25) is 0 Å². The number of nitrogens with one attached hydrogen (secondary N) is 1. The van der Waals surface area contributed by atoms with Crippen molar-refractivity contribution in [1.82, 2.24) is 10.2 Å². The van der Waals surface area contributed by atoms with Crippen LogP contribution in [0.3, 0.4) is 0 Å². The monoisotopic (exact) mass is 224 g/mol. The first kappa shape index (κ1) is 11.1. The second-order valence-corrected chi connectivity index (χ2v) is 5.37. The molecule has 0 saturated carbocycles. The van der Waals surface area contributed by atoms with Crippen molar-refractivity contribution in [3.05, 3.63) is 22.4 Å². The third kappa shape index (κ3) is 3.30. The molecule has 0 radical (unpaired) electrons. The molecule has 0 amide bonds. The third-order valence-corrected chi connectivity index (χ3v) is 4.05. The highest BCUT2D eigenvalue weighted by atomic mass is 32.1. The molecule has 2 rings (SSSR count). The fraction of sp³-hybridized carbons (Fsp3) is 0.667. The van der Waals surface area contributed by atoms with E-state index in [1.807, 2.05) is 18.4 Å². The summed E-state index contributed by atoms with van der Waals surface area (Å²) in [6.07, 6.45) is 2.59. The third-order valence-electron chi connectivity index (χ3n) is 3.12. The molecule has 1 aromatic rings. The molecule has 1 aliphatic rings. The van der Waals surface area contributed by atoms with Gasteiger partial charge in [0.05, 0.1) is 0 Å². The van der Waals surface area contributed by atoms with Crippen LogP contribution in [0.5, 0.6) is 0 Å². The number of thiophene rings is 1. The molecule has 0 bridgehead atoms. The molecule has 1 unspecified atom stereocenters. The van der Waals surface area contributed by atoms with Crippen LogP contribution < -0.4 is 5.32 Å². The number of hydrogen-bond donors (Lipinski definition) is 1. The van der Waals surface area contributed by atoms with Crippen LogP contribution in [-0.2, 0) is 6.42 Å². The van der Waals surface area contributed by atoms with Crippen molar-refractivity contribution in [3.63, 3.8) is 0 Å². The van der Waals surface area contributed by atoms with Gasteiger partial charge in [-0.2, -0.15) is 0 Å². The lowest BCUT2D eigenvalue weighted by atomic mass is 10.1. The maximum absolute atomic E-state index is 3.28. The van der Waals surface area contributed by atoms with Crippen molar-refractivity contribution in [2.24, 2.45) is 5.92 Å². The lowest BCUT2D eigenvalue weighted by Gasteiger charge is -2.15. The summed E-state index contributed by atoms with van der Waals surface area (Å²) in [6, 6.07) is 4.39. The van der Waals surface area contributed by atoms with E-state index in [1.165, 1.54) is 43.9 Å². The molecule has 1 aromatic heterocycles. The Morgan fingerprint density at radius 1 is 1.60 bits per heavy atom. The molecule has 0 aromatic carbocycles. The zero-order valence-corrected chi connectivity index (χ0v) is 10.2. The zero-order valence-electron chi connectivity index (χ0n) is 9.41. The van der Waals surface area contributed by atoms with E-state index in [9.17, 15) is 0 Å². The van der Waals surface area contributed by atoms with Gasteiger partial charge in [0.1, 0.15) is 0 Å². The van der Waals surface area contributed by atoms with Gasteiger partial charge in [0, 0.05) is 18.0 Å². The van der Waals surface area contributed by atoms with Crippen molar-refractivity contribution >= 4 is 11.3 Å². The summed E-state index contributed by atoms with van der Waals surface area (Å²) in [5.74, 6) is 0.873. The maximum atomic E-state index is 3.28. The van der Waals surface area contributed by atoms with Crippen LogP contribution in [-0.4, -0.2) is 38.1 Å². The molecule has 0 spiro atoms. The van der Waals surface area contributed by atoms with Crippen LogP contribution in [0, 0.1) is 5.92 Å². The predicted molar refractivity (Wildman–Crippen MR) is 66.5 cm³/mol. The highest BCUT2D eigenvalue weighted by Crippen LogP contribution is 2.17. The van der Waals surface area contributed by atoms with Gasteiger partial charge in [-0.25, -0.2) is 0 Å². The van der Waals surface area contributed by atoms with Crippen LogP contribution in [0.25, 0.3) is 0 Å². The highest BCUT2D eigenvalue weighted by molar-refractivity contribution is 7.09. The molecular weight excluding hydrogens is 204 g/mol. The molecule has 1 aliphatic heterocycles. The Bertz CT molecular complexity index is 271. The number of hydrogen-bond acceptors (Lipinski definition) is 3. The zero-order chi connectivity index (χ0) is 10.5. The topological polar surface area (TPSA) is 15.3 Å². The molecular formula is C12H20N2S. The minimum absolute atomic E-state index is 0.873. The first-order valence-electron chi connectivity index (χ1n) is 5.78. The Kier molecular flexibility index (Phi) is 4.18. The average Bonchev–Trinajstić information content (AvgIpc) is 2.85. The first-order valence-corrected chi connectivity index (χ1v) is 6.66. The SMILES string of the molecule is CNCC1CCN(CCc2cccs2)C1. The Labute approximate surface area is 96.3 Å². The first-order chi connectivity index (χ1) is 7.38. The summed E-state index contributed by atoms with van der Waals surface area (Å²) < 4.78 is 0.